The van der Waals surface area contributed by atoms with Crippen LogP contribution in [0.15, 0.2) is 48.5 Å². The number of aryl methyl sites for hydroxylation is 1. The summed E-state index contributed by atoms with van der Waals surface area (Å²) < 4.78 is 0. The number of hydrogen-bond acceptors (Lipinski definition) is 3. The quantitative estimate of drug-likeness (QED) is 0.717. The number of benzene rings is 2. The molecule has 2 aromatic carbocycles. The van der Waals surface area contributed by atoms with E-state index in [1.165, 1.54) is 0 Å². The summed E-state index contributed by atoms with van der Waals surface area (Å²) in [5, 5.41) is 5.82. The average molecular weight is 353 g/mol. The molecule has 0 heterocycles. The molecular weight excluding hydrogens is 326 g/mol. The van der Waals surface area contributed by atoms with Crippen LogP contribution in [0.2, 0.25) is 0 Å². The topological polar surface area (TPSA) is 61.4 Å². The Morgan fingerprint density at radius 3 is 2.35 bits per heavy atom. The van der Waals surface area contributed by atoms with Crippen LogP contribution in [0, 0.1) is 0 Å². The van der Waals surface area contributed by atoms with Crippen LogP contribution in [-0.2, 0) is 6.42 Å². The lowest BCUT2D eigenvalue weighted by Gasteiger charge is -2.11. The maximum absolute atomic E-state index is 12.5. The molecule has 5 heteroatoms. The SMILES string of the molecule is CCc1ccccc1NC(=O)c1cccc(C(=O)NCCCN(C)C)c1. The number of rotatable bonds is 8. The van der Waals surface area contributed by atoms with Gasteiger partial charge in [-0.15, -0.1) is 0 Å². The summed E-state index contributed by atoms with van der Waals surface area (Å²) in [7, 11) is 4.00. The predicted octanol–water partition coefficient (Wildman–Crippen LogP) is 3.18. The van der Waals surface area contributed by atoms with E-state index in [1.54, 1.807) is 24.3 Å². The smallest absolute Gasteiger partial charge is 0.255 e. The average Bonchev–Trinajstić information content (AvgIpc) is 2.65. The number of para-hydroxylation sites is 1. The van der Waals surface area contributed by atoms with Crippen LogP contribution in [-0.4, -0.2) is 43.9 Å². The summed E-state index contributed by atoms with van der Waals surface area (Å²) in [6.45, 7) is 3.57. The number of carbonyl (C=O) groups is 2. The first kappa shape index (κ1) is 19.7. The van der Waals surface area contributed by atoms with Gasteiger partial charge in [0.2, 0.25) is 0 Å². The Hall–Kier alpha value is -2.66. The summed E-state index contributed by atoms with van der Waals surface area (Å²) in [4.78, 5) is 26.9. The molecule has 0 fully saturated rings. The van der Waals surface area contributed by atoms with Crippen LogP contribution in [0.4, 0.5) is 5.69 Å². The fraction of sp³-hybridized carbons (Fsp3) is 0.333. The third kappa shape index (κ3) is 5.70. The zero-order valence-electron chi connectivity index (χ0n) is 15.7. The van der Waals surface area contributed by atoms with E-state index in [1.807, 2.05) is 45.3 Å². The van der Waals surface area contributed by atoms with Crippen molar-refractivity contribution >= 4 is 17.5 Å². The monoisotopic (exact) mass is 353 g/mol. The lowest BCUT2D eigenvalue weighted by molar-refractivity contribution is 0.0952. The van der Waals surface area contributed by atoms with E-state index in [0.29, 0.717) is 17.7 Å². The lowest BCUT2D eigenvalue weighted by Crippen LogP contribution is -2.27. The summed E-state index contributed by atoms with van der Waals surface area (Å²) in [6, 6.07) is 14.5. The molecule has 0 aliphatic carbocycles. The molecule has 0 atom stereocenters. The van der Waals surface area contributed by atoms with Gasteiger partial charge in [0.15, 0.2) is 0 Å². The largest absolute Gasteiger partial charge is 0.352 e. The first-order valence-corrected chi connectivity index (χ1v) is 8.93. The van der Waals surface area contributed by atoms with Crippen molar-refractivity contribution < 1.29 is 9.59 Å². The highest BCUT2D eigenvalue weighted by Crippen LogP contribution is 2.17. The third-order valence-corrected chi connectivity index (χ3v) is 4.10. The molecule has 0 saturated heterocycles. The van der Waals surface area contributed by atoms with Gasteiger partial charge in [-0.3, -0.25) is 9.59 Å². The standard InChI is InChI=1S/C21H27N3O2/c1-4-16-9-5-6-12-19(16)23-21(26)18-11-7-10-17(15-18)20(25)22-13-8-14-24(2)3/h5-7,9-12,15H,4,8,13-14H2,1-3H3,(H,22,25)(H,23,26). The Morgan fingerprint density at radius 1 is 0.962 bits per heavy atom. The van der Waals surface area contributed by atoms with Gasteiger partial charge in [0, 0.05) is 23.4 Å². The molecule has 2 amide bonds. The first-order valence-electron chi connectivity index (χ1n) is 8.93. The van der Waals surface area contributed by atoms with Gasteiger partial charge in [-0.2, -0.15) is 0 Å². The van der Waals surface area contributed by atoms with Crippen molar-refractivity contribution in [1.29, 1.82) is 0 Å². The second kappa shape index (κ2) is 9.73. The van der Waals surface area contributed by atoms with Crippen molar-refractivity contribution in [2.24, 2.45) is 0 Å². The predicted molar refractivity (Wildman–Crippen MR) is 106 cm³/mol. The van der Waals surface area contributed by atoms with Crippen molar-refractivity contribution in [3.63, 3.8) is 0 Å². The minimum Gasteiger partial charge on any atom is -0.352 e. The highest BCUT2D eigenvalue weighted by Gasteiger charge is 2.11. The summed E-state index contributed by atoms with van der Waals surface area (Å²) >= 11 is 0. The number of hydrogen-bond donors (Lipinski definition) is 2. The normalized spacial score (nSPS) is 10.6. The van der Waals surface area contributed by atoms with Gasteiger partial charge in [-0.25, -0.2) is 0 Å². The van der Waals surface area contributed by atoms with E-state index in [9.17, 15) is 9.59 Å². The zero-order chi connectivity index (χ0) is 18.9. The van der Waals surface area contributed by atoms with Crippen LogP contribution in [0.5, 0.6) is 0 Å². The van der Waals surface area contributed by atoms with Crippen molar-refractivity contribution in [2.75, 3.05) is 32.5 Å². The minimum atomic E-state index is -0.215. The highest BCUT2D eigenvalue weighted by molar-refractivity contribution is 6.06. The van der Waals surface area contributed by atoms with Gasteiger partial charge in [-0.1, -0.05) is 31.2 Å². The Morgan fingerprint density at radius 2 is 1.65 bits per heavy atom. The molecule has 0 radical (unpaired) electrons. The van der Waals surface area contributed by atoms with E-state index in [4.69, 9.17) is 0 Å². The fourth-order valence-corrected chi connectivity index (χ4v) is 2.65. The first-order chi connectivity index (χ1) is 12.5. The van der Waals surface area contributed by atoms with Gasteiger partial charge >= 0.3 is 0 Å². The molecular formula is C21H27N3O2. The number of nitrogens with zero attached hydrogens (tertiary/aromatic N) is 1. The molecule has 138 valence electrons. The van der Waals surface area contributed by atoms with Crippen molar-refractivity contribution in [1.82, 2.24) is 10.2 Å². The number of amides is 2. The number of anilines is 1. The lowest BCUT2D eigenvalue weighted by atomic mass is 10.1. The van der Waals surface area contributed by atoms with E-state index in [2.05, 4.69) is 15.5 Å². The molecule has 2 N–H and O–H groups in total. The third-order valence-electron chi connectivity index (χ3n) is 4.10. The minimum absolute atomic E-state index is 0.160. The Balaban J connectivity index is 2.01. The van der Waals surface area contributed by atoms with E-state index in [-0.39, 0.29) is 11.8 Å². The van der Waals surface area contributed by atoms with E-state index >= 15 is 0 Å². The molecule has 0 spiro atoms. The van der Waals surface area contributed by atoms with Gasteiger partial charge in [0.05, 0.1) is 0 Å². The van der Waals surface area contributed by atoms with Crippen LogP contribution in [0.3, 0.4) is 0 Å². The Labute approximate surface area is 155 Å². The van der Waals surface area contributed by atoms with Crippen molar-refractivity contribution in [2.45, 2.75) is 19.8 Å². The van der Waals surface area contributed by atoms with Crippen LogP contribution < -0.4 is 10.6 Å². The Kier molecular flexibility index (Phi) is 7.36. The molecule has 0 unspecified atom stereocenters. The molecule has 26 heavy (non-hydrogen) atoms. The maximum Gasteiger partial charge on any atom is 0.255 e. The van der Waals surface area contributed by atoms with Crippen LogP contribution >= 0.6 is 0 Å². The molecule has 5 nitrogen and oxygen atoms in total. The van der Waals surface area contributed by atoms with E-state index in [0.717, 1.165) is 30.6 Å². The second-order valence-electron chi connectivity index (χ2n) is 6.46. The van der Waals surface area contributed by atoms with Gasteiger partial charge in [-0.05, 0) is 63.3 Å². The molecule has 2 rings (SSSR count). The molecule has 0 saturated carbocycles. The van der Waals surface area contributed by atoms with Crippen molar-refractivity contribution in [3.8, 4) is 0 Å². The van der Waals surface area contributed by atoms with Crippen molar-refractivity contribution in [3.05, 3.63) is 65.2 Å². The van der Waals surface area contributed by atoms with Gasteiger partial charge < -0.3 is 15.5 Å². The fourth-order valence-electron chi connectivity index (χ4n) is 2.65. The summed E-state index contributed by atoms with van der Waals surface area (Å²) in [5.74, 6) is -0.375. The maximum atomic E-state index is 12.5. The van der Waals surface area contributed by atoms with Crippen LogP contribution in [0.25, 0.3) is 0 Å². The molecule has 0 aliphatic heterocycles. The van der Waals surface area contributed by atoms with Gasteiger partial charge in [0.1, 0.15) is 0 Å². The number of carbonyl (C=O) groups excluding carboxylic acids is 2. The Bertz CT molecular complexity index is 756. The summed E-state index contributed by atoms with van der Waals surface area (Å²) in [5.41, 5.74) is 2.84. The molecule has 0 bridgehead atoms. The van der Waals surface area contributed by atoms with Gasteiger partial charge in [0.25, 0.3) is 11.8 Å². The molecule has 2 aromatic rings. The second-order valence-corrected chi connectivity index (χ2v) is 6.46. The number of nitrogens with one attached hydrogen (secondary N) is 2. The van der Waals surface area contributed by atoms with E-state index < -0.39 is 0 Å². The molecule has 0 aromatic heterocycles. The highest BCUT2D eigenvalue weighted by atomic mass is 16.2. The summed E-state index contributed by atoms with van der Waals surface area (Å²) in [6.07, 6.45) is 1.72. The van der Waals surface area contributed by atoms with Crippen LogP contribution in [0.1, 0.15) is 39.6 Å². The zero-order valence-corrected chi connectivity index (χ0v) is 15.7. The molecule has 0 aliphatic rings.